The number of esters is 1. The van der Waals surface area contributed by atoms with Crippen LogP contribution in [0.15, 0.2) is 35.4 Å². The molecule has 0 radical (unpaired) electrons. The van der Waals surface area contributed by atoms with Gasteiger partial charge in [-0.15, -0.1) is 5.10 Å². The van der Waals surface area contributed by atoms with Gasteiger partial charge in [0.1, 0.15) is 11.4 Å². The first-order valence-electron chi connectivity index (χ1n) is 7.12. The number of nitrogen functional groups attached to an aromatic ring is 1. The lowest BCUT2D eigenvalue weighted by Gasteiger charge is -2.08. The molecule has 134 valence electrons. The number of nitrogens with zero attached hydrogens (tertiary/aromatic N) is 2. The highest BCUT2D eigenvalue weighted by Crippen LogP contribution is 2.22. The van der Waals surface area contributed by atoms with Gasteiger partial charge in [-0.1, -0.05) is 18.2 Å². The molecule has 0 unspecified atom stereocenters. The molecule has 0 saturated heterocycles. The van der Waals surface area contributed by atoms with Crippen LogP contribution >= 0.6 is 0 Å². The summed E-state index contributed by atoms with van der Waals surface area (Å²) in [4.78, 5) is 24.2. The minimum absolute atomic E-state index is 0.00835. The van der Waals surface area contributed by atoms with Crippen molar-refractivity contribution in [3.63, 3.8) is 0 Å². The van der Waals surface area contributed by atoms with Gasteiger partial charge in [0.2, 0.25) is 0 Å². The Morgan fingerprint density at radius 1 is 1.28 bits per heavy atom. The number of anilines is 2. The second-order valence-electron chi connectivity index (χ2n) is 4.89. The number of hydrogen-bond donors (Lipinski definition) is 3. The summed E-state index contributed by atoms with van der Waals surface area (Å²) >= 11 is 0. The monoisotopic (exact) mass is 367 g/mol. The van der Waals surface area contributed by atoms with Gasteiger partial charge >= 0.3 is 12.0 Å². The number of rotatable bonds is 5. The predicted molar refractivity (Wildman–Crippen MR) is 89.7 cm³/mol. The molecular weight excluding hydrogens is 350 g/mol. The molecule has 10 nitrogen and oxygen atoms in total. The van der Waals surface area contributed by atoms with Crippen LogP contribution in [0.5, 0.6) is 0 Å². The minimum Gasteiger partial charge on any atom is -0.462 e. The second kappa shape index (κ2) is 7.21. The zero-order valence-electron chi connectivity index (χ0n) is 13.5. The van der Waals surface area contributed by atoms with Crippen molar-refractivity contribution in [3.05, 3.63) is 35.9 Å². The molecule has 1 aromatic carbocycles. The summed E-state index contributed by atoms with van der Waals surface area (Å²) in [5.74, 6) is -1.42. The summed E-state index contributed by atoms with van der Waals surface area (Å²) in [6.07, 6.45) is 0.849. The van der Waals surface area contributed by atoms with Gasteiger partial charge in [-0.25, -0.2) is 23.4 Å². The third kappa shape index (κ3) is 4.07. The van der Waals surface area contributed by atoms with E-state index in [0.29, 0.717) is 10.4 Å². The third-order valence-corrected chi connectivity index (χ3v) is 3.99. The van der Waals surface area contributed by atoms with E-state index in [1.165, 1.54) is 0 Å². The van der Waals surface area contributed by atoms with E-state index in [1.54, 1.807) is 37.3 Å². The molecule has 25 heavy (non-hydrogen) atoms. The Kier molecular flexibility index (Phi) is 5.27. The van der Waals surface area contributed by atoms with Crippen molar-refractivity contribution in [1.29, 1.82) is 0 Å². The molecule has 1 heterocycles. The Morgan fingerprint density at radius 2 is 1.92 bits per heavy atom. The van der Waals surface area contributed by atoms with Crippen LogP contribution in [0.2, 0.25) is 0 Å². The van der Waals surface area contributed by atoms with E-state index in [2.05, 4.69) is 16.0 Å². The zero-order valence-corrected chi connectivity index (χ0v) is 14.3. The van der Waals surface area contributed by atoms with Gasteiger partial charge in [0.05, 0.1) is 12.3 Å². The molecule has 1 aromatic heterocycles. The Balaban J connectivity index is 2.34. The highest BCUT2D eigenvalue weighted by molar-refractivity contribution is 7.90. The molecule has 1 amide bonds. The van der Waals surface area contributed by atoms with Crippen molar-refractivity contribution in [1.82, 2.24) is 15.2 Å². The van der Waals surface area contributed by atoms with E-state index in [-0.39, 0.29) is 6.61 Å². The number of nitrogens with one attached hydrogen (secondary N) is 2. The van der Waals surface area contributed by atoms with E-state index < -0.39 is 38.2 Å². The van der Waals surface area contributed by atoms with Crippen LogP contribution in [0.4, 0.5) is 16.3 Å². The first-order chi connectivity index (χ1) is 11.8. The maximum atomic E-state index is 12.2. The van der Waals surface area contributed by atoms with E-state index in [1.807, 2.05) is 0 Å². The van der Waals surface area contributed by atoms with Crippen LogP contribution in [0.1, 0.15) is 17.3 Å². The fourth-order valence-electron chi connectivity index (χ4n) is 1.92. The smallest absolute Gasteiger partial charge is 0.362 e. The number of carbonyl (C=O) groups is 2. The van der Waals surface area contributed by atoms with Crippen molar-refractivity contribution >= 4 is 33.3 Å². The normalized spacial score (nSPS) is 11.0. The van der Waals surface area contributed by atoms with Crippen molar-refractivity contribution in [2.75, 3.05) is 24.0 Å². The third-order valence-electron chi connectivity index (χ3n) is 3.00. The number of para-hydroxylation sites is 1. The molecule has 0 atom stereocenters. The number of carbonyl (C=O) groups excluding carboxylic acids is 2. The van der Waals surface area contributed by atoms with Crippen LogP contribution in [0, 0.1) is 0 Å². The van der Waals surface area contributed by atoms with Gasteiger partial charge in [0.15, 0.2) is 14.9 Å². The quantitative estimate of drug-likeness (QED) is 0.515. The Morgan fingerprint density at radius 3 is 2.48 bits per heavy atom. The van der Waals surface area contributed by atoms with Crippen LogP contribution < -0.4 is 16.6 Å². The summed E-state index contributed by atoms with van der Waals surface area (Å²) in [5.41, 5.74) is 10.8. The molecule has 4 N–H and O–H groups in total. The number of aromatic nitrogens is 2. The molecule has 0 aliphatic rings. The predicted octanol–water partition coefficient (Wildman–Crippen LogP) is 0.630. The van der Waals surface area contributed by atoms with E-state index >= 15 is 0 Å². The number of hydrogen-bond acceptors (Lipinski definition) is 8. The topological polar surface area (TPSA) is 145 Å². The van der Waals surface area contributed by atoms with E-state index in [9.17, 15) is 18.0 Å². The Bertz CT molecular complexity index is 892. The largest absolute Gasteiger partial charge is 0.462 e. The summed E-state index contributed by atoms with van der Waals surface area (Å²) in [5, 5.41) is 3.02. The van der Waals surface area contributed by atoms with Gasteiger partial charge in [-0.2, -0.15) is 4.68 Å². The molecule has 0 spiro atoms. The number of sulfone groups is 1. The molecule has 0 aliphatic carbocycles. The van der Waals surface area contributed by atoms with Crippen molar-refractivity contribution in [2.45, 2.75) is 11.9 Å². The Hall–Kier alpha value is -3.08. The Labute approximate surface area is 143 Å². The van der Waals surface area contributed by atoms with Crippen molar-refractivity contribution < 1.29 is 22.7 Å². The van der Waals surface area contributed by atoms with Gasteiger partial charge < -0.3 is 10.5 Å². The average Bonchev–Trinajstić information content (AvgIpc) is 2.91. The van der Waals surface area contributed by atoms with Gasteiger partial charge in [0, 0.05) is 6.26 Å². The van der Waals surface area contributed by atoms with Gasteiger partial charge in [-0.05, 0) is 19.1 Å². The van der Waals surface area contributed by atoms with Crippen LogP contribution in [-0.4, -0.2) is 43.1 Å². The number of amides is 1. The lowest BCUT2D eigenvalue weighted by atomic mass is 10.3. The highest BCUT2D eigenvalue weighted by atomic mass is 32.2. The van der Waals surface area contributed by atoms with Crippen LogP contribution in [0.3, 0.4) is 0 Å². The summed E-state index contributed by atoms with van der Waals surface area (Å²) in [6.45, 7) is 1.56. The van der Waals surface area contributed by atoms with Crippen molar-refractivity contribution in [3.8, 4) is 0 Å². The van der Waals surface area contributed by atoms with E-state index in [4.69, 9.17) is 10.5 Å². The average molecular weight is 367 g/mol. The van der Waals surface area contributed by atoms with Gasteiger partial charge in [0.25, 0.3) is 0 Å². The first-order valence-corrected chi connectivity index (χ1v) is 9.02. The molecule has 0 fully saturated rings. The summed E-state index contributed by atoms with van der Waals surface area (Å²) < 4.78 is 29.1. The zero-order chi connectivity index (χ0) is 18.6. The number of ether oxygens (including phenoxy) is 1. The fourth-order valence-corrected chi connectivity index (χ4v) is 2.71. The lowest BCUT2D eigenvalue weighted by Crippen LogP contribution is -2.34. The molecule has 2 aromatic rings. The van der Waals surface area contributed by atoms with Crippen LogP contribution in [0.25, 0.3) is 0 Å². The standard InChI is InChI=1S/C14H17N5O5S/c1-3-24-13(20)10-11(15)19(18-12(10)25(2,22)23)14(21)17-16-9-7-5-4-6-8-9/h4-8,16H,3,15H2,1-2H3,(H,17,21). The molecule has 0 aliphatic heterocycles. The maximum absolute atomic E-state index is 12.2. The number of benzene rings is 1. The van der Waals surface area contributed by atoms with Crippen molar-refractivity contribution in [2.24, 2.45) is 0 Å². The van der Waals surface area contributed by atoms with Crippen LogP contribution in [-0.2, 0) is 14.6 Å². The molecular formula is C14H17N5O5S. The SMILES string of the molecule is CCOC(=O)c1c(S(C)(=O)=O)nn(C(=O)NNc2ccccc2)c1N. The molecule has 2 rings (SSSR count). The summed E-state index contributed by atoms with van der Waals surface area (Å²) in [7, 11) is -3.91. The lowest BCUT2D eigenvalue weighted by molar-refractivity contribution is 0.0523. The fraction of sp³-hybridized carbons (Fsp3) is 0.214. The molecule has 11 heteroatoms. The molecule has 0 bridgehead atoms. The first kappa shape index (κ1) is 18.3. The molecule has 0 saturated carbocycles. The highest BCUT2D eigenvalue weighted by Gasteiger charge is 2.31. The summed E-state index contributed by atoms with van der Waals surface area (Å²) in [6, 6.07) is 7.80. The van der Waals surface area contributed by atoms with E-state index in [0.717, 1.165) is 6.26 Å². The number of hydrazine groups is 1. The van der Waals surface area contributed by atoms with Gasteiger partial charge in [-0.3, -0.25) is 5.43 Å². The minimum atomic E-state index is -3.91. The number of nitrogens with two attached hydrogens (primary N) is 1. The maximum Gasteiger partial charge on any atom is 0.362 e. The second-order valence-corrected chi connectivity index (χ2v) is 6.82.